The number of unbranched alkanes of at least 4 members (excludes halogenated alkanes) is 17. The number of phosphoric acid groups is 1. The van der Waals surface area contributed by atoms with Crippen LogP contribution >= 0.6 is 7.82 Å². The van der Waals surface area contributed by atoms with Gasteiger partial charge in [0.05, 0.1) is 19.8 Å². The Morgan fingerprint density at radius 3 is 1.15 bits per heavy atom. The van der Waals surface area contributed by atoms with Crippen LogP contribution in [0.5, 0.6) is 0 Å². The minimum atomic E-state index is -4.77. The Hall–Kier alpha value is -3.86. The molecule has 0 spiro atoms. The van der Waals surface area contributed by atoms with Crippen molar-refractivity contribution in [3.05, 3.63) is 109 Å². The summed E-state index contributed by atoms with van der Waals surface area (Å²) in [6.07, 6.45) is 66.2. The molecule has 0 aliphatic heterocycles. The first-order valence-corrected chi connectivity index (χ1v) is 30.3. The average molecular weight is 1060 g/mol. The molecule has 0 saturated carbocycles. The van der Waals surface area contributed by atoms with E-state index in [4.69, 9.17) is 23.3 Å². The topological polar surface area (TPSA) is 155 Å². The van der Waals surface area contributed by atoms with Crippen LogP contribution in [-0.4, -0.2) is 66.5 Å². The third kappa shape index (κ3) is 53.0. The summed E-state index contributed by atoms with van der Waals surface area (Å²) in [5.74, 6) is -1.57. The Kier molecular flexibility index (Phi) is 52.5. The minimum Gasteiger partial charge on any atom is -0.462 e. The van der Waals surface area contributed by atoms with Crippen molar-refractivity contribution in [2.45, 2.75) is 238 Å². The molecule has 0 aliphatic carbocycles. The highest BCUT2D eigenvalue weighted by atomic mass is 31.2. The van der Waals surface area contributed by atoms with E-state index in [-0.39, 0.29) is 25.9 Å². The highest BCUT2D eigenvalue weighted by Gasteiger charge is 2.28. The Bertz CT molecular complexity index is 1660. The summed E-state index contributed by atoms with van der Waals surface area (Å²) >= 11 is 0. The van der Waals surface area contributed by atoms with Crippen LogP contribution in [0.2, 0.25) is 0 Å². The monoisotopic (exact) mass is 1050 g/mol. The number of hydrogen-bond acceptors (Lipinski definition) is 10. The van der Waals surface area contributed by atoms with Gasteiger partial charge in [0.15, 0.2) is 6.10 Å². The van der Waals surface area contributed by atoms with Crippen LogP contribution in [0.3, 0.4) is 0 Å². The lowest BCUT2D eigenvalue weighted by Gasteiger charge is -2.21. The van der Waals surface area contributed by atoms with Crippen LogP contribution in [0.1, 0.15) is 226 Å². The molecule has 0 rings (SSSR count). The van der Waals surface area contributed by atoms with Gasteiger partial charge in [0.2, 0.25) is 0 Å². The van der Waals surface area contributed by atoms with Crippen LogP contribution in [0, 0.1) is 0 Å². The summed E-state index contributed by atoms with van der Waals surface area (Å²) in [6, 6.07) is 0. The van der Waals surface area contributed by atoms with E-state index in [0.717, 1.165) is 122 Å². The van der Waals surface area contributed by atoms with E-state index >= 15 is 0 Å². The number of ether oxygens (including phenoxy) is 3. The van der Waals surface area contributed by atoms with Crippen LogP contribution in [0.15, 0.2) is 109 Å². The summed E-state index contributed by atoms with van der Waals surface area (Å²) in [4.78, 5) is 48.5. The van der Waals surface area contributed by atoms with Gasteiger partial charge in [0.25, 0.3) is 0 Å². The molecular weight excluding hydrogens is 952 g/mol. The van der Waals surface area contributed by atoms with E-state index in [0.29, 0.717) is 25.7 Å². The van der Waals surface area contributed by atoms with E-state index in [1.807, 2.05) is 12.2 Å². The molecule has 0 saturated heterocycles. The van der Waals surface area contributed by atoms with Crippen molar-refractivity contribution >= 4 is 25.7 Å². The van der Waals surface area contributed by atoms with E-state index in [9.17, 15) is 28.9 Å². The summed E-state index contributed by atoms with van der Waals surface area (Å²) < 4.78 is 39.4. The van der Waals surface area contributed by atoms with Crippen LogP contribution < -0.4 is 0 Å². The maximum atomic E-state index is 12.9. The second-order valence-corrected chi connectivity index (χ2v) is 20.1. The predicted molar refractivity (Wildman–Crippen MR) is 307 cm³/mol. The van der Waals surface area contributed by atoms with Gasteiger partial charge in [0, 0.05) is 19.3 Å². The third-order valence-corrected chi connectivity index (χ3v) is 12.6. The van der Waals surface area contributed by atoms with Crippen molar-refractivity contribution < 1.29 is 52.2 Å². The van der Waals surface area contributed by atoms with Gasteiger partial charge in [-0.1, -0.05) is 201 Å². The summed E-state index contributed by atoms with van der Waals surface area (Å²) in [7, 11) is -4.77. The highest BCUT2D eigenvalue weighted by molar-refractivity contribution is 7.47. The van der Waals surface area contributed by atoms with Gasteiger partial charge in [-0.3, -0.25) is 23.4 Å². The molecular formula is C62H103O11P. The number of rotatable bonds is 52. The van der Waals surface area contributed by atoms with Crippen molar-refractivity contribution in [2.75, 3.05) is 26.4 Å². The Morgan fingerprint density at radius 2 is 0.716 bits per heavy atom. The zero-order valence-electron chi connectivity index (χ0n) is 46.5. The molecule has 0 fully saturated rings. The zero-order valence-corrected chi connectivity index (χ0v) is 47.4. The number of allylic oxidation sites excluding steroid dienone is 18. The van der Waals surface area contributed by atoms with Crippen LogP contribution in [-0.2, 0) is 42.2 Å². The molecule has 3 atom stereocenters. The lowest BCUT2D eigenvalue weighted by molar-refractivity contribution is -0.161. The molecule has 11 nitrogen and oxygen atoms in total. The summed E-state index contributed by atoms with van der Waals surface area (Å²) in [5, 5.41) is 9.81. The number of phosphoric ester groups is 1. The Balaban J connectivity index is 4.85. The second-order valence-electron chi connectivity index (χ2n) is 18.7. The normalized spacial score (nSPS) is 14.2. The van der Waals surface area contributed by atoms with Crippen LogP contribution in [0.4, 0.5) is 0 Å². The second kappa shape index (κ2) is 55.4. The molecule has 3 unspecified atom stereocenters. The molecule has 2 N–H and O–H groups in total. The third-order valence-electron chi connectivity index (χ3n) is 11.7. The SMILES string of the molecule is CC/C=C\C/C=C\C/C=C\C/C=C\C/C=C\CCCC(=O)OC(COC(=O)CCCCCCC/C=C\C/C=C\C/C=C\CC)COP(=O)(O)OCC(CO)OC(=O)CCCCCCC/C=C\CCCCCCCC. The molecule has 0 heterocycles. The van der Waals surface area contributed by atoms with Gasteiger partial charge in [-0.25, -0.2) is 4.57 Å². The highest BCUT2D eigenvalue weighted by Crippen LogP contribution is 2.43. The summed E-state index contributed by atoms with van der Waals surface area (Å²) in [5.41, 5.74) is 0. The molecule has 0 radical (unpaired) electrons. The molecule has 0 amide bonds. The molecule has 0 aromatic rings. The van der Waals surface area contributed by atoms with E-state index in [1.54, 1.807) is 0 Å². The zero-order chi connectivity index (χ0) is 54.1. The van der Waals surface area contributed by atoms with E-state index < -0.39 is 57.8 Å². The van der Waals surface area contributed by atoms with Gasteiger partial charge in [0.1, 0.15) is 12.7 Å². The molecule has 12 heteroatoms. The van der Waals surface area contributed by atoms with Gasteiger partial charge in [-0.15, -0.1) is 0 Å². The Labute approximate surface area is 450 Å². The minimum absolute atomic E-state index is 0.0797. The molecule has 0 aliphatic rings. The first kappa shape index (κ1) is 70.1. The van der Waals surface area contributed by atoms with E-state index in [1.165, 1.54) is 38.5 Å². The lowest BCUT2D eigenvalue weighted by atomic mass is 10.1. The van der Waals surface area contributed by atoms with Crippen molar-refractivity contribution in [3.8, 4) is 0 Å². The number of aliphatic hydroxyl groups is 1. The number of esters is 3. The molecule has 74 heavy (non-hydrogen) atoms. The lowest BCUT2D eigenvalue weighted by Crippen LogP contribution is -2.30. The summed E-state index contributed by atoms with van der Waals surface area (Å²) in [6.45, 7) is 4.31. The van der Waals surface area contributed by atoms with Gasteiger partial charge in [-0.05, 0) is 116 Å². The maximum Gasteiger partial charge on any atom is 0.472 e. The first-order chi connectivity index (χ1) is 36.2. The van der Waals surface area contributed by atoms with Crippen molar-refractivity contribution in [1.82, 2.24) is 0 Å². The quantitative estimate of drug-likeness (QED) is 0.0197. The van der Waals surface area contributed by atoms with Gasteiger partial charge in [-0.2, -0.15) is 0 Å². The van der Waals surface area contributed by atoms with Crippen LogP contribution in [0.25, 0.3) is 0 Å². The molecule has 0 aromatic heterocycles. The maximum absolute atomic E-state index is 12.9. The molecule has 0 bridgehead atoms. The average Bonchev–Trinajstić information content (AvgIpc) is 3.39. The molecule has 0 aromatic carbocycles. The van der Waals surface area contributed by atoms with Gasteiger partial charge >= 0.3 is 25.7 Å². The van der Waals surface area contributed by atoms with Crippen molar-refractivity contribution in [3.63, 3.8) is 0 Å². The smallest absolute Gasteiger partial charge is 0.462 e. The Morgan fingerprint density at radius 1 is 0.392 bits per heavy atom. The van der Waals surface area contributed by atoms with Crippen molar-refractivity contribution in [1.29, 1.82) is 0 Å². The number of carbonyl (C=O) groups is 3. The van der Waals surface area contributed by atoms with Gasteiger partial charge < -0.3 is 24.2 Å². The number of carbonyl (C=O) groups excluding carboxylic acids is 3. The fourth-order valence-corrected chi connectivity index (χ4v) is 8.12. The standard InChI is InChI=1S/C62H103O11P/c1-4-7-10-13-16-19-22-25-28-29-32-35-38-41-44-47-50-53-62(66)73-59(55-69-60(64)51-48-45-42-39-36-33-30-26-23-20-17-14-11-8-5-2)57-71-74(67,68)70-56-58(54-63)72-61(65)52-49-46-43-40-37-34-31-27-24-21-18-15-12-9-6-3/h7-8,10-11,16-17,19-20,25-28,30-32,35,41,44,58-59,63H,4-6,9,12-15,18,21-24,29,33-34,36-40,42-43,45-57H2,1-3H3,(H,67,68)/b10-7-,11-8-,19-16-,20-17-,28-25-,30-26-,31-27-,35-32-,44-41-. The number of aliphatic hydroxyl groups excluding tert-OH is 1. The first-order valence-electron chi connectivity index (χ1n) is 28.8. The molecule has 422 valence electrons. The fraction of sp³-hybridized carbons (Fsp3) is 0.661. The largest absolute Gasteiger partial charge is 0.472 e. The number of hydrogen-bond donors (Lipinski definition) is 2. The van der Waals surface area contributed by atoms with E-state index in [2.05, 4.69) is 118 Å². The predicted octanol–water partition coefficient (Wildman–Crippen LogP) is 17.0. The fourth-order valence-electron chi connectivity index (χ4n) is 7.34. The van der Waals surface area contributed by atoms with Crippen molar-refractivity contribution in [2.24, 2.45) is 0 Å².